The largest absolute Gasteiger partial charge is 0.412 e. The van der Waals surface area contributed by atoms with Crippen molar-refractivity contribution in [1.29, 1.82) is 0 Å². The fourth-order valence-electron chi connectivity index (χ4n) is 0.777. The SMILES string of the molecule is CO.C[P+](=S)Oc1ccc([N+](=O)[O-])cc1.O. The molecule has 1 aromatic carbocycles. The van der Waals surface area contributed by atoms with E-state index < -0.39 is 11.8 Å². The smallest absolute Gasteiger partial charge is 0.384 e. The van der Waals surface area contributed by atoms with Crippen molar-refractivity contribution in [3.8, 4) is 5.75 Å². The Balaban J connectivity index is 0. The quantitative estimate of drug-likeness (QED) is 0.503. The van der Waals surface area contributed by atoms with Gasteiger partial charge in [0, 0.05) is 19.2 Å². The van der Waals surface area contributed by atoms with Crippen molar-refractivity contribution in [1.82, 2.24) is 0 Å². The third kappa shape index (κ3) is 6.36. The molecule has 1 atom stereocenters. The first-order valence-electron chi connectivity index (χ1n) is 3.87. The van der Waals surface area contributed by atoms with E-state index in [0.717, 1.165) is 7.11 Å². The molecule has 0 bridgehead atoms. The highest BCUT2D eigenvalue weighted by Gasteiger charge is 2.08. The van der Waals surface area contributed by atoms with Gasteiger partial charge in [-0.1, -0.05) is 0 Å². The molecule has 0 aliphatic carbocycles. The van der Waals surface area contributed by atoms with Crippen LogP contribution in [-0.4, -0.2) is 29.3 Å². The zero-order chi connectivity index (χ0) is 11.8. The lowest BCUT2D eigenvalue weighted by Gasteiger charge is -1.92. The Bertz CT molecular complexity index is 343. The first-order chi connectivity index (χ1) is 7.09. The zero-order valence-electron chi connectivity index (χ0n) is 8.78. The van der Waals surface area contributed by atoms with Gasteiger partial charge in [0.25, 0.3) is 5.69 Å². The summed E-state index contributed by atoms with van der Waals surface area (Å²) in [5.41, 5.74) is 0.0529. The molecule has 90 valence electrons. The second-order valence-electron chi connectivity index (χ2n) is 2.28. The number of nitro groups is 1. The van der Waals surface area contributed by atoms with E-state index in [9.17, 15) is 10.1 Å². The normalized spacial score (nSPS) is 9.06. The van der Waals surface area contributed by atoms with Crippen molar-refractivity contribution >= 4 is 24.4 Å². The number of benzene rings is 1. The van der Waals surface area contributed by atoms with Crippen LogP contribution in [0.4, 0.5) is 5.69 Å². The summed E-state index contributed by atoms with van der Waals surface area (Å²) in [6, 6.07) is 5.87. The van der Waals surface area contributed by atoms with E-state index in [0.29, 0.717) is 5.75 Å². The molecule has 0 heterocycles. The van der Waals surface area contributed by atoms with Gasteiger partial charge in [-0.25, -0.2) is 0 Å². The molecule has 0 aromatic heterocycles. The molecule has 0 aliphatic heterocycles. The first-order valence-corrected chi connectivity index (χ1v) is 6.59. The maximum Gasteiger partial charge on any atom is 0.384 e. The lowest BCUT2D eigenvalue weighted by molar-refractivity contribution is -0.384. The molecular formula is C8H13NO5PS+. The van der Waals surface area contributed by atoms with Crippen LogP contribution in [0.1, 0.15) is 0 Å². The number of hydrogen-bond acceptors (Lipinski definition) is 5. The molecule has 0 amide bonds. The number of aliphatic hydroxyl groups excluding tert-OH is 1. The Morgan fingerprint density at radius 1 is 1.38 bits per heavy atom. The predicted octanol–water partition coefficient (Wildman–Crippen LogP) is 1.25. The first kappa shape index (κ1) is 17.3. The Hall–Kier alpha value is -1.14. The fourth-order valence-corrected chi connectivity index (χ4v) is 1.45. The van der Waals surface area contributed by atoms with E-state index >= 15 is 0 Å². The van der Waals surface area contributed by atoms with Gasteiger partial charge in [-0.3, -0.25) is 14.6 Å². The summed E-state index contributed by atoms with van der Waals surface area (Å²) in [6.45, 7) is 0.896. The minimum absolute atomic E-state index is 0. The molecule has 0 radical (unpaired) electrons. The number of nitrogens with zero attached hydrogens (tertiary/aromatic N) is 1. The van der Waals surface area contributed by atoms with Crippen LogP contribution in [0.15, 0.2) is 24.3 Å². The highest BCUT2D eigenvalue weighted by Crippen LogP contribution is 2.25. The van der Waals surface area contributed by atoms with E-state index in [-0.39, 0.29) is 11.2 Å². The molecule has 0 spiro atoms. The second kappa shape index (κ2) is 9.11. The number of non-ortho nitro benzene ring substituents is 1. The second-order valence-corrected chi connectivity index (χ2v) is 4.89. The molecule has 0 saturated carbocycles. The monoisotopic (exact) mass is 266 g/mol. The zero-order valence-corrected chi connectivity index (χ0v) is 10.5. The number of nitro benzene ring substituents is 1. The van der Waals surface area contributed by atoms with Gasteiger partial charge >= 0.3 is 6.92 Å². The van der Waals surface area contributed by atoms with Crippen molar-refractivity contribution in [2.75, 3.05) is 13.8 Å². The van der Waals surface area contributed by atoms with Crippen LogP contribution in [0, 0.1) is 10.1 Å². The van der Waals surface area contributed by atoms with Crippen molar-refractivity contribution in [3.63, 3.8) is 0 Å². The molecule has 8 heteroatoms. The summed E-state index contributed by atoms with van der Waals surface area (Å²) < 4.78 is 5.21. The van der Waals surface area contributed by atoms with Gasteiger partial charge in [0.15, 0.2) is 5.75 Å². The highest BCUT2D eigenvalue weighted by molar-refractivity contribution is 8.02. The predicted molar refractivity (Wildman–Crippen MR) is 65.7 cm³/mol. The van der Waals surface area contributed by atoms with Crippen molar-refractivity contribution < 1.29 is 20.0 Å². The topological polar surface area (TPSA) is 104 Å². The average Bonchev–Trinajstić information content (AvgIpc) is 2.20. The molecule has 16 heavy (non-hydrogen) atoms. The maximum absolute atomic E-state index is 10.3. The number of aliphatic hydroxyl groups is 1. The molecule has 1 aromatic rings. The fraction of sp³-hybridized carbons (Fsp3) is 0.250. The average molecular weight is 266 g/mol. The number of rotatable bonds is 3. The van der Waals surface area contributed by atoms with Crippen LogP contribution in [-0.2, 0) is 11.8 Å². The Labute approximate surface area is 98.8 Å². The molecule has 0 aliphatic rings. The molecule has 0 saturated heterocycles. The van der Waals surface area contributed by atoms with Crippen molar-refractivity contribution in [3.05, 3.63) is 34.4 Å². The van der Waals surface area contributed by atoms with Gasteiger partial charge in [-0.2, -0.15) is 0 Å². The van der Waals surface area contributed by atoms with Crippen molar-refractivity contribution in [2.45, 2.75) is 0 Å². The van der Waals surface area contributed by atoms with Crippen LogP contribution in [0.5, 0.6) is 5.75 Å². The Morgan fingerprint density at radius 3 is 2.12 bits per heavy atom. The van der Waals surface area contributed by atoms with Crippen LogP contribution < -0.4 is 4.52 Å². The Kier molecular flexibility index (Phi) is 9.83. The van der Waals surface area contributed by atoms with Gasteiger partial charge in [-0.15, -0.1) is 0 Å². The standard InChI is InChI=1S/C7H7NO3PS.CH4O.H2O/c1-12(13)11-7-4-2-6(3-5-7)8(9)10;1-2;/h2-5H,1H3;2H,1H3;1H2/q+1;;. The van der Waals surface area contributed by atoms with Crippen LogP contribution in [0.25, 0.3) is 0 Å². The summed E-state index contributed by atoms with van der Waals surface area (Å²) in [6.07, 6.45) is 0. The summed E-state index contributed by atoms with van der Waals surface area (Å²) in [5.74, 6) is 0.578. The molecule has 0 fully saturated rings. The molecule has 3 N–H and O–H groups in total. The van der Waals surface area contributed by atoms with Gasteiger partial charge in [0.2, 0.25) is 11.8 Å². The highest BCUT2D eigenvalue weighted by atomic mass is 32.4. The van der Waals surface area contributed by atoms with Gasteiger partial charge in [0.05, 0.1) is 4.92 Å². The molecule has 1 rings (SSSR count). The van der Waals surface area contributed by atoms with E-state index in [1.807, 2.05) is 0 Å². The van der Waals surface area contributed by atoms with Gasteiger partial charge in [0.1, 0.15) is 6.66 Å². The Morgan fingerprint density at radius 2 is 1.81 bits per heavy atom. The van der Waals surface area contributed by atoms with E-state index in [1.165, 1.54) is 12.1 Å². The molecule has 1 unspecified atom stereocenters. The summed E-state index contributed by atoms with van der Waals surface area (Å²) in [4.78, 5) is 9.83. The van der Waals surface area contributed by atoms with Gasteiger partial charge in [-0.05, 0) is 12.1 Å². The third-order valence-electron chi connectivity index (χ3n) is 1.28. The minimum Gasteiger partial charge on any atom is -0.412 e. The lowest BCUT2D eigenvalue weighted by Crippen LogP contribution is -1.87. The van der Waals surface area contributed by atoms with E-state index in [1.54, 1.807) is 18.8 Å². The number of hydrogen-bond donors (Lipinski definition) is 1. The third-order valence-corrected chi connectivity index (χ3v) is 1.97. The lowest BCUT2D eigenvalue weighted by atomic mass is 10.3. The molecule has 6 nitrogen and oxygen atoms in total. The van der Waals surface area contributed by atoms with Gasteiger partial charge < -0.3 is 10.6 Å². The summed E-state index contributed by atoms with van der Waals surface area (Å²) in [7, 11) is 1.00. The van der Waals surface area contributed by atoms with Crippen LogP contribution in [0.3, 0.4) is 0 Å². The maximum atomic E-state index is 10.3. The molecular weight excluding hydrogens is 253 g/mol. The van der Waals surface area contributed by atoms with Crippen LogP contribution >= 0.6 is 6.92 Å². The van der Waals surface area contributed by atoms with Crippen molar-refractivity contribution in [2.24, 2.45) is 0 Å². The van der Waals surface area contributed by atoms with E-state index in [4.69, 9.17) is 21.4 Å². The summed E-state index contributed by atoms with van der Waals surface area (Å²) >= 11 is 4.85. The van der Waals surface area contributed by atoms with Crippen LogP contribution in [0.2, 0.25) is 0 Å². The minimum atomic E-state index is -0.888. The summed E-state index contributed by atoms with van der Waals surface area (Å²) in [5, 5.41) is 17.3. The van der Waals surface area contributed by atoms with E-state index in [2.05, 4.69) is 0 Å².